The van der Waals surface area contributed by atoms with E-state index in [1.165, 1.54) is 41.3 Å². The Kier molecular flexibility index (Phi) is 7.16. The first-order valence-corrected chi connectivity index (χ1v) is 11.0. The second-order valence-corrected chi connectivity index (χ2v) is 8.07. The maximum Gasteiger partial charge on any atom is 0.414 e. The minimum Gasteiger partial charge on any atom is -0.507 e. The average molecular weight is 484 g/mol. The number of primary amides is 1. The van der Waals surface area contributed by atoms with E-state index in [4.69, 9.17) is 15.2 Å². The molecule has 2 heterocycles. The number of rotatable bonds is 7. The Bertz CT molecular complexity index is 1160. The summed E-state index contributed by atoms with van der Waals surface area (Å²) in [4.78, 5) is 39.0. The minimum atomic E-state index is -0.787. The van der Waals surface area contributed by atoms with E-state index in [9.17, 15) is 23.9 Å². The predicted molar refractivity (Wildman–Crippen MR) is 126 cm³/mol. The molecule has 2 aliphatic heterocycles. The third-order valence-electron chi connectivity index (χ3n) is 5.69. The minimum absolute atomic E-state index is 0.0556. The maximum absolute atomic E-state index is 14.7. The molecule has 35 heavy (non-hydrogen) atoms. The maximum atomic E-state index is 14.7. The molecule has 184 valence electrons. The van der Waals surface area contributed by atoms with E-state index in [0.717, 1.165) is 0 Å². The van der Waals surface area contributed by atoms with Crippen LogP contribution < -0.4 is 20.9 Å². The van der Waals surface area contributed by atoms with Crippen LogP contribution in [-0.4, -0.2) is 68.5 Å². The highest BCUT2D eigenvalue weighted by atomic mass is 19.1. The van der Waals surface area contributed by atoms with Crippen molar-refractivity contribution in [1.82, 2.24) is 5.32 Å². The van der Waals surface area contributed by atoms with Gasteiger partial charge in [-0.1, -0.05) is 6.07 Å². The molecule has 0 bridgehead atoms. The molecule has 0 spiro atoms. The van der Waals surface area contributed by atoms with Gasteiger partial charge in [-0.2, -0.15) is 0 Å². The summed E-state index contributed by atoms with van der Waals surface area (Å²) in [5, 5.41) is 12.3. The molecule has 2 saturated heterocycles. The Morgan fingerprint density at radius 2 is 1.97 bits per heavy atom. The van der Waals surface area contributed by atoms with Gasteiger partial charge in [0.05, 0.1) is 43.2 Å². The van der Waals surface area contributed by atoms with Gasteiger partial charge in [-0.05, 0) is 42.0 Å². The lowest BCUT2D eigenvalue weighted by Gasteiger charge is -2.29. The molecule has 0 aliphatic carbocycles. The van der Waals surface area contributed by atoms with Crippen molar-refractivity contribution >= 4 is 35.4 Å². The van der Waals surface area contributed by atoms with Crippen molar-refractivity contribution in [1.29, 1.82) is 0 Å². The number of ether oxygens (including phenoxy) is 2. The van der Waals surface area contributed by atoms with Crippen LogP contribution in [0.2, 0.25) is 0 Å². The van der Waals surface area contributed by atoms with E-state index in [2.05, 4.69) is 5.32 Å². The quantitative estimate of drug-likeness (QED) is 0.509. The monoisotopic (exact) mass is 484 g/mol. The predicted octanol–water partition coefficient (Wildman–Crippen LogP) is 1.62. The highest BCUT2D eigenvalue weighted by Gasteiger charge is 2.33. The van der Waals surface area contributed by atoms with Gasteiger partial charge >= 0.3 is 6.09 Å². The standard InChI is InChI=1S/C24H25FN4O6/c25-19-12-16(3-4-20(19)28-7-9-34-10-8-28)29-14-17(35-24(29)33)13-27-22(31)6-2-15-1-5-21(30)18(11-15)23(26)32/h1-6,11-12,17,30H,7-10,13-14H2,(H2,26,32)(H,27,31). The second-order valence-electron chi connectivity index (χ2n) is 8.07. The summed E-state index contributed by atoms with van der Waals surface area (Å²) in [5.41, 5.74) is 6.46. The summed E-state index contributed by atoms with van der Waals surface area (Å²) in [6.45, 7) is 2.47. The fourth-order valence-corrected chi connectivity index (χ4v) is 3.86. The molecule has 0 aromatic heterocycles. The Morgan fingerprint density at radius 1 is 1.20 bits per heavy atom. The largest absolute Gasteiger partial charge is 0.507 e. The number of hydrogen-bond acceptors (Lipinski definition) is 7. The molecule has 0 radical (unpaired) electrons. The molecule has 2 aromatic carbocycles. The van der Waals surface area contributed by atoms with Crippen LogP contribution in [-0.2, 0) is 14.3 Å². The number of hydrogen-bond donors (Lipinski definition) is 3. The number of nitrogens with zero attached hydrogens (tertiary/aromatic N) is 2. The van der Waals surface area contributed by atoms with E-state index in [-0.39, 0.29) is 24.4 Å². The van der Waals surface area contributed by atoms with Gasteiger partial charge in [0.25, 0.3) is 5.91 Å². The third kappa shape index (κ3) is 5.69. The molecule has 11 heteroatoms. The highest BCUT2D eigenvalue weighted by molar-refractivity contribution is 5.97. The number of aromatic hydroxyl groups is 1. The molecule has 3 amide bonds. The zero-order valence-electron chi connectivity index (χ0n) is 18.8. The molecular weight excluding hydrogens is 459 g/mol. The van der Waals surface area contributed by atoms with Crippen LogP contribution >= 0.6 is 0 Å². The molecule has 4 rings (SSSR count). The zero-order chi connectivity index (χ0) is 24.9. The first-order valence-electron chi connectivity index (χ1n) is 11.0. The van der Waals surface area contributed by atoms with Gasteiger partial charge in [0.2, 0.25) is 5.91 Å². The molecule has 2 aliphatic rings. The topological polar surface area (TPSA) is 134 Å². The van der Waals surface area contributed by atoms with Gasteiger partial charge in [-0.3, -0.25) is 14.5 Å². The summed E-state index contributed by atoms with van der Waals surface area (Å²) in [5.74, 6) is -1.92. The number of morpholine rings is 1. The molecule has 10 nitrogen and oxygen atoms in total. The lowest BCUT2D eigenvalue weighted by Crippen LogP contribution is -2.36. The lowest BCUT2D eigenvalue weighted by molar-refractivity contribution is -0.116. The van der Waals surface area contributed by atoms with Crippen molar-refractivity contribution < 1.29 is 33.4 Å². The number of nitrogens with one attached hydrogen (secondary N) is 1. The van der Waals surface area contributed by atoms with E-state index in [1.807, 2.05) is 4.90 Å². The summed E-state index contributed by atoms with van der Waals surface area (Å²) in [7, 11) is 0. The molecule has 0 saturated carbocycles. The van der Waals surface area contributed by atoms with Gasteiger partial charge in [0.1, 0.15) is 17.7 Å². The number of halogens is 1. The Balaban J connectivity index is 1.32. The molecule has 4 N–H and O–H groups in total. The average Bonchev–Trinajstić information content (AvgIpc) is 3.23. The van der Waals surface area contributed by atoms with Gasteiger partial charge in [-0.25, -0.2) is 9.18 Å². The van der Waals surface area contributed by atoms with E-state index in [0.29, 0.717) is 43.2 Å². The first-order chi connectivity index (χ1) is 16.8. The number of carbonyl (C=O) groups is 3. The number of nitrogens with two attached hydrogens (primary N) is 1. The number of anilines is 2. The zero-order valence-corrected chi connectivity index (χ0v) is 18.8. The summed E-state index contributed by atoms with van der Waals surface area (Å²) >= 11 is 0. The lowest BCUT2D eigenvalue weighted by atomic mass is 10.1. The number of amides is 3. The van der Waals surface area contributed by atoms with Crippen molar-refractivity contribution in [3.63, 3.8) is 0 Å². The van der Waals surface area contributed by atoms with E-state index < -0.39 is 29.8 Å². The van der Waals surface area contributed by atoms with Gasteiger partial charge in [0, 0.05) is 19.2 Å². The van der Waals surface area contributed by atoms with Crippen molar-refractivity contribution in [2.75, 3.05) is 49.2 Å². The van der Waals surface area contributed by atoms with E-state index in [1.54, 1.807) is 12.1 Å². The van der Waals surface area contributed by atoms with Crippen molar-refractivity contribution in [2.45, 2.75) is 6.10 Å². The molecular formula is C24H25FN4O6. The van der Waals surface area contributed by atoms with Crippen LogP contribution in [0.5, 0.6) is 5.75 Å². The summed E-state index contributed by atoms with van der Waals surface area (Å²) in [6.07, 6.45) is 1.46. The van der Waals surface area contributed by atoms with Gasteiger partial charge in [-0.15, -0.1) is 0 Å². The van der Waals surface area contributed by atoms with Crippen molar-refractivity contribution in [3.8, 4) is 5.75 Å². The van der Waals surface area contributed by atoms with Crippen molar-refractivity contribution in [2.24, 2.45) is 5.73 Å². The molecule has 1 unspecified atom stereocenters. The van der Waals surface area contributed by atoms with Crippen LogP contribution in [0.3, 0.4) is 0 Å². The summed E-state index contributed by atoms with van der Waals surface area (Å²) < 4.78 is 25.3. The van der Waals surface area contributed by atoms with Crippen LogP contribution in [0.25, 0.3) is 6.08 Å². The van der Waals surface area contributed by atoms with Crippen LogP contribution in [0.4, 0.5) is 20.6 Å². The molecule has 1 atom stereocenters. The SMILES string of the molecule is NC(=O)c1cc(C=CC(=O)NCC2CN(c3ccc(N4CCOCC4)c(F)c3)C(=O)O2)ccc1O. The fourth-order valence-electron chi connectivity index (χ4n) is 3.86. The Morgan fingerprint density at radius 3 is 2.69 bits per heavy atom. The van der Waals surface area contributed by atoms with Crippen molar-refractivity contribution in [3.05, 3.63) is 59.4 Å². The third-order valence-corrected chi connectivity index (χ3v) is 5.69. The first kappa shape index (κ1) is 24.0. The Labute approximate surface area is 200 Å². The fraction of sp³-hybridized carbons (Fsp3) is 0.292. The van der Waals surface area contributed by atoms with Gasteiger partial charge < -0.3 is 30.5 Å². The highest BCUT2D eigenvalue weighted by Crippen LogP contribution is 2.28. The number of cyclic esters (lactones) is 1. The number of phenols is 1. The molecule has 2 aromatic rings. The smallest absolute Gasteiger partial charge is 0.414 e. The van der Waals surface area contributed by atoms with E-state index >= 15 is 0 Å². The number of benzene rings is 2. The molecule has 2 fully saturated rings. The van der Waals surface area contributed by atoms with Crippen LogP contribution in [0, 0.1) is 5.82 Å². The normalized spacial score (nSPS) is 18.1. The van der Waals surface area contributed by atoms with Crippen LogP contribution in [0.15, 0.2) is 42.5 Å². The summed E-state index contributed by atoms with van der Waals surface area (Å²) in [6, 6.07) is 8.79. The van der Waals surface area contributed by atoms with Gasteiger partial charge in [0.15, 0.2) is 0 Å². The Hall–Kier alpha value is -4.12. The second kappa shape index (κ2) is 10.4. The number of carbonyl (C=O) groups excluding carboxylic acids is 3. The van der Waals surface area contributed by atoms with Crippen LogP contribution in [0.1, 0.15) is 15.9 Å².